The molecular formula is C17H18F3N3. The van der Waals surface area contributed by atoms with Gasteiger partial charge in [0.25, 0.3) is 0 Å². The number of halogens is 3. The Kier molecular flexibility index (Phi) is 3.37. The maximum atomic E-state index is 13.3. The monoisotopic (exact) mass is 321 g/mol. The minimum absolute atomic E-state index is 0.0120. The van der Waals surface area contributed by atoms with Crippen LogP contribution in [0.15, 0.2) is 42.7 Å². The van der Waals surface area contributed by atoms with Crippen LogP contribution in [0.1, 0.15) is 24.8 Å². The number of alkyl halides is 3. The summed E-state index contributed by atoms with van der Waals surface area (Å²) in [5.74, 6) is 0. The topological polar surface area (TPSA) is 22.3 Å². The van der Waals surface area contributed by atoms with Crippen LogP contribution in [-0.2, 0) is 6.54 Å². The molecule has 2 aliphatic rings. The van der Waals surface area contributed by atoms with Gasteiger partial charge in [0.2, 0.25) is 0 Å². The average molecular weight is 321 g/mol. The Hall–Kier alpha value is -1.95. The van der Waals surface area contributed by atoms with E-state index in [1.54, 1.807) is 11.2 Å². The van der Waals surface area contributed by atoms with Crippen LogP contribution in [0.3, 0.4) is 0 Å². The van der Waals surface area contributed by atoms with Crippen molar-refractivity contribution in [3.05, 3.63) is 48.3 Å². The highest BCUT2D eigenvalue weighted by Crippen LogP contribution is 2.38. The minimum Gasteiger partial charge on any atom is -0.361 e. The smallest absolute Gasteiger partial charge is 0.361 e. The van der Waals surface area contributed by atoms with Crippen molar-refractivity contribution in [1.29, 1.82) is 0 Å². The van der Waals surface area contributed by atoms with Gasteiger partial charge < -0.3 is 9.99 Å². The Balaban J connectivity index is 1.63. The summed E-state index contributed by atoms with van der Waals surface area (Å²) in [7, 11) is 0. The van der Waals surface area contributed by atoms with E-state index in [2.05, 4.69) is 4.98 Å². The second-order valence-corrected chi connectivity index (χ2v) is 6.25. The standard InChI is InChI=1S/C17H18F3N3/c18-17(19,20)16-8-10-22(23(16)13-4-2-5-13)11-12-3-1-6-15-14(12)7-9-21-15/h1,3,6-10,13,16,21H,2,4-5,11H2. The second kappa shape index (κ2) is 5.30. The lowest BCUT2D eigenvalue weighted by Crippen LogP contribution is -2.55. The number of hydrogen-bond donors (Lipinski definition) is 1. The molecule has 0 radical (unpaired) electrons. The van der Waals surface area contributed by atoms with Gasteiger partial charge in [0.1, 0.15) is 6.04 Å². The maximum absolute atomic E-state index is 13.3. The largest absolute Gasteiger partial charge is 0.409 e. The van der Waals surface area contributed by atoms with E-state index in [-0.39, 0.29) is 6.04 Å². The molecule has 3 nitrogen and oxygen atoms in total. The number of aromatic amines is 1. The molecule has 1 aromatic carbocycles. The Labute approximate surface area is 132 Å². The van der Waals surface area contributed by atoms with E-state index in [4.69, 9.17) is 0 Å². The third kappa shape index (κ3) is 2.51. The lowest BCUT2D eigenvalue weighted by molar-refractivity contribution is -0.209. The van der Waals surface area contributed by atoms with Gasteiger partial charge in [0, 0.05) is 29.3 Å². The molecule has 122 valence electrons. The minimum atomic E-state index is -4.24. The number of nitrogens with zero attached hydrogens (tertiary/aromatic N) is 2. The van der Waals surface area contributed by atoms with Crippen molar-refractivity contribution in [2.45, 2.75) is 44.1 Å². The lowest BCUT2D eigenvalue weighted by atomic mass is 9.91. The number of hydrogen-bond acceptors (Lipinski definition) is 2. The fourth-order valence-corrected chi connectivity index (χ4v) is 3.45. The second-order valence-electron chi connectivity index (χ2n) is 6.25. The predicted octanol–water partition coefficient (Wildman–Crippen LogP) is 4.20. The number of nitrogens with one attached hydrogen (secondary N) is 1. The molecular weight excluding hydrogens is 303 g/mol. The molecule has 6 heteroatoms. The first-order valence-electron chi connectivity index (χ1n) is 7.89. The van der Waals surface area contributed by atoms with Crippen LogP contribution in [0.4, 0.5) is 13.2 Å². The summed E-state index contributed by atoms with van der Waals surface area (Å²) in [5, 5.41) is 4.32. The van der Waals surface area contributed by atoms with Crippen molar-refractivity contribution in [2.75, 3.05) is 0 Å². The Morgan fingerprint density at radius 3 is 2.70 bits per heavy atom. The summed E-state index contributed by atoms with van der Waals surface area (Å²) in [6.07, 6.45) is 3.15. The summed E-state index contributed by atoms with van der Waals surface area (Å²) in [4.78, 5) is 3.14. The van der Waals surface area contributed by atoms with E-state index in [0.29, 0.717) is 6.54 Å². The number of H-pyrrole nitrogens is 1. The molecule has 1 atom stereocenters. The summed E-state index contributed by atoms with van der Waals surface area (Å²) in [5.41, 5.74) is 2.04. The zero-order valence-corrected chi connectivity index (χ0v) is 12.6. The summed E-state index contributed by atoms with van der Waals surface area (Å²) in [6, 6.07) is 6.34. The molecule has 1 saturated carbocycles. The highest BCUT2D eigenvalue weighted by atomic mass is 19.4. The van der Waals surface area contributed by atoms with Crippen LogP contribution in [0.5, 0.6) is 0 Å². The van der Waals surface area contributed by atoms with Gasteiger partial charge in [0.05, 0.1) is 6.54 Å². The third-order valence-corrected chi connectivity index (χ3v) is 4.82. The van der Waals surface area contributed by atoms with Gasteiger partial charge in [0.15, 0.2) is 0 Å². The van der Waals surface area contributed by atoms with Crippen molar-refractivity contribution in [1.82, 2.24) is 15.0 Å². The molecule has 2 heterocycles. The van der Waals surface area contributed by atoms with Crippen LogP contribution in [-0.4, -0.2) is 33.3 Å². The number of benzene rings is 1. The highest BCUT2D eigenvalue weighted by Gasteiger charge is 2.49. The normalized spacial score (nSPS) is 22.9. The molecule has 1 N–H and O–H groups in total. The van der Waals surface area contributed by atoms with Gasteiger partial charge in [-0.2, -0.15) is 13.2 Å². The van der Waals surface area contributed by atoms with E-state index in [9.17, 15) is 13.2 Å². The number of fused-ring (bicyclic) bond motifs is 1. The Morgan fingerprint density at radius 1 is 1.17 bits per heavy atom. The van der Waals surface area contributed by atoms with Gasteiger partial charge in [-0.1, -0.05) is 18.6 Å². The van der Waals surface area contributed by atoms with E-state index in [1.165, 1.54) is 11.1 Å². The molecule has 0 bridgehead atoms. The first kappa shape index (κ1) is 14.6. The zero-order chi connectivity index (χ0) is 16.0. The Morgan fingerprint density at radius 2 is 2.00 bits per heavy atom. The fraction of sp³-hybridized carbons (Fsp3) is 0.412. The predicted molar refractivity (Wildman–Crippen MR) is 82.3 cm³/mol. The first-order valence-corrected chi connectivity index (χ1v) is 7.89. The molecule has 1 aromatic heterocycles. The van der Waals surface area contributed by atoms with Crippen LogP contribution in [0, 0.1) is 0 Å². The van der Waals surface area contributed by atoms with E-state index in [1.807, 2.05) is 30.5 Å². The molecule has 4 rings (SSSR count). The van der Waals surface area contributed by atoms with E-state index < -0.39 is 12.2 Å². The molecule has 1 aliphatic heterocycles. The molecule has 0 amide bonds. The Bertz CT molecular complexity index is 730. The first-order chi connectivity index (χ1) is 11.0. The van der Waals surface area contributed by atoms with Crippen LogP contribution in [0.2, 0.25) is 0 Å². The van der Waals surface area contributed by atoms with Crippen LogP contribution < -0.4 is 0 Å². The van der Waals surface area contributed by atoms with Gasteiger partial charge in [-0.05, 0) is 36.6 Å². The SMILES string of the molecule is FC(F)(F)C1C=CN(Cc2cccc3[nH]ccc23)N1C1CCC1. The number of rotatable bonds is 3. The van der Waals surface area contributed by atoms with E-state index in [0.717, 1.165) is 35.7 Å². The summed E-state index contributed by atoms with van der Waals surface area (Å²) >= 11 is 0. The van der Waals surface area contributed by atoms with Crippen molar-refractivity contribution in [2.24, 2.45) is 0 Å². The van der Waals surface area contributed by atoms with Gasteiger partial charge >= 0.3 is 6.18 Å². The summed E-state index contributed by atoms with van der Waals surface area (Å²) < 4.78 is 40.0. The summed E-state index contributed by atoms with van der Waals surface area (Å²) in [6.45, 7) is 0.453. The molecule has 2 aromatic rings. The zero-order valence-electron chi connectivity index (χ0n) is 12.6. The molecule has 1 fully saturated rings. The molecule has 23 heavy (non-hydrogen) atoms. The quantitative estimate of drug-likeness (QED) is 0.915. The fourth-order valence-electron chi connectivity index (χ4n) is 3.45. The lowest BCUT2D eigenvalue weighted by Gasteiger charge is -2.44. The van der Waals surface area contributed by atoms with Crippen molar-refractivity contribution < 1.29 is 13.2 Å². The van der Waals surface area contributed by atoms with Gasteiger partial charge in [-0.15, -0.1) is 0 Å². The van der Waals surface area contributed by atoms with Crippen molar-refractivity contribution in [3.8, 4) is 0 Å². The molecule has 1 aliphatic carbocycles. The third-order valence-electron chi connectivity index (χ3n) is 4.82. The number of hydrazine groups is 1. The molecule has 0 saturated heterocycles. The maximum Gasteiger partial charge on any atom is 0.409 e. The molecule has 1 unspecified atom stereocenters. The molecule has 0 spiro atoms. The van der Waals surface area contributed by atoms with Crippen LogP contribution >= 0.6 is 0 Å². The van der Waals surface area contributed by atoms with Crippen molar-refractivity contribution >= 4 is 10.9 Å². The average Bonchev–Trinajstić information content (AvgIpc) is 3.04. The van der Waals surface area contributed by atoms with Gasteiger partial charge in [-0.3, -0.25) is 0 Å². The van der Waals surface area contributed by atoms with Crippen LogP contribution in [0.25, 0.3) is 10.9 Å². The number of aromatic nitrogens is 1. The van der Waals surface area contributed by atoms with Crippen molar-refractivity contribution in [3.63, 3.8) is 0 Å². The highest BCUT2D eigenvalue weighted by molar-refractivity contribution is 5.82. The van der Waals surface area contributed by atoms with Gasteiger partial charge in [-0.25, -0.2) is 5.01 Å². The van der Waals surface area contributed by atoms with E-state index >= 15 is 0 Å².